The van der Waals surface area contributed by atoms with Crippen molar-refractivity contribution in [3.8, 4) is 5.75 Å². The Labute approximate surface area is 260 Å². The summed E-state index contributed by atoms with van der Waals surface area (Å²) in [5.41, 5.74) is 3.73. The zero-order valence-corrected chi connectivity index (χ0v) is 26.4. The predicted molar refractivity (Wildman–Crippen MR) is 173 cm³/mol. The van der Waals surface area contributed by atoms with E-state index < -0.39 is 28.5 Å². The van der Waals surface area contributed by atoms with Gasteiger partial charge in [-0.2, -0.15) is 0 Å². The fourth-order valence-corrected chi connectivity index (χ4v) is 6.37. The van der Waals surface area contributed by atoms with Crippen LogP contribution in [0.5, 0.6) is 5.75 Å². The molecule has 0 aromatic heterocycles. The highest BCUT2D eigenvalue weighted by molar-refractivity contribution is 7.92. The van der Waals surface area contributed by atoms with Crippen LogP contribution in [0.2, 0.25) is 0 Å². The van der Waals surface area contributed by atoms with Gasteiger partial charge in [-0.1, -0.05) is 72.3 Å². The Hall–Kier alpha value is -4.63. The van der Waals surface area contributed by atoms with E-state index in [4.69, 9.17) is 4.74 Å². The number of hydrogen-bond acceptors (Lipinski definition) is 5. The third-order valence-electron chi connectivity index (χ3n) is 7.29. The van der Waals surface area contributed by atoms with Gasteiger partial charge in [0.05, 0.1) is 17.7 Å². The monoisotopic (exact) mass is 613 g/mol. The highest BCUT2D eigenvalue weighted by Gasteiger charge is 2.34. The summed E-state index contributed by atoms with van der Waals surface area (Å²) in [7, 11) is -2.59. The second-order valence-electron chi connectivity index (χ2n) is 10.6. The molecule has 230 valence electrons. The minimum Gasteiger partial charge on any atom is -0.497 e. The van der Waals surface area contributed by atoms with Crippen molar-refractivity contribution in [3.63, 3.8) is 0 Å². The Morgan fingerprint density at radius 3 is 2.16 bits per heavy atom. The van der Waals surface area contributed by atoms with E-state index in [9.17, 15) is 18.0 Å². The lowest BCUT2D eigenvalue weighted by Crippen LogP contribution is -2.53. The molecule has 0 fully saturated rings. The van der Waals surface area contributed by atoms with E-state index in [1.54, 1.807) is 61.7 Å². The van der Waals surface area contributed by atoms with Crippen LogP contribution in [0.3, 0.4) is 0 Å². The molecule has 0 saturated carbocycles. The third-order valence-corrected chi connectivity index (χ3v) is 9.07. The second kappa shape index (κ2) is 14.7. The number of sulfonamides is 1. The van der Waals surface area contributed by atoms with E-state index in [2.05, 4.69) is 5.32 Å². The molecule has 0 radical (unpaired) electrons. The van der Waals surface area contributed by atoms with Gasteiger partial charge in [-0.25, -0.2) is 8.42 Å². The lowest BCUT2D eigenvalue weighted by molar-refractivity contribution is -0.140. The van der Waals surface area contributed by atoms with Crippen molar-refractivity contribution in [1.29, 1.82) is 0 Å². The van der Waals surface area contributed by atoms with Gasteiger partial charge in [-0.3, -0.25) is 13.9 Å². The van der Waals surface area contributed by atoms with Crippen LogP contribution in [-0.2, 0) is 32.6 Å². The van der Waals surface area contributed by atoms with Crippen LogP contribution in [0.1, 0.15) is 29.2 Å². The van der Waals surface area contributed by atoms with Gasteiger partial charge < -0.3 is 15.0 Å². The molecule has 0 aliphatic carbocycles. The van der Waals surface area contributed by atoms with Gasteiger partial charge in [-0.05, 0) is 73.9 Å². The van der Waals surface area contributed by atoms with Crippen LogP contribution < -0.4 is 14.4 Å². The van der Waals surface area contributed by atoms with Crippen molar-refractivity contribution in [1.82, 2.24) is 10.2 Å². The molecule has 4 aromatic rings. The summed E-state index contributed by atoms with van der Waals surface area (Å²) in [6.45, 7) is 5.50. The molecule has 0 heterocycles. The number of benzene rings is 4. The highest BCUT2D eigenvalue weighted by atomic mass is 32.2. The number of anilines is 1. The summed E-state index contributed by atoms with van der Waals surface area (Å²) < 4.78 is 34.8. The van der Waals surface area contributed by atoms with E-state index >= 15 is 0 Å². The summed E-state index contributed by atoms with van der Waals surface area (Å²) in [5, 5.41) is 2.87. The van der Waals surface area contributed by atoms with Gasteiger partial charge in [-0.15, -0.1) is 0 Å². The molecule has 4 aromatic carbocycles. The molecule has 2 amide bonds. The minimum atomic E-state index is -4.15. The number of carbonyl (C=O) groups is 2. The molecule has 9 heteroatoms. The maximum atomic E-state index is 14.5. The molecule has 0 saturated heterocycles. The topological polar surface area (TPSA) is 96.0 Å². The van der Waals surface area contributed by atoms with E-state index in [0.717, 1.165) is 26.6 Å². The van der Waals surface area contributed by atoms with Crippen molar-refractivity contribution in [3.05, 3.63) is 125 Å². The molecule has 0 spiro atoms. The first-order valence-corrected chi connectivity index (χ1v) is 16.0. The number of rotatable bonds is 13. The molecular formula is C35H39N3O5S. The molecule has 0 unspecified atom stereocenters. The van der Waals surface area contributed by atoms with E-state index in [0.29, 0.717) is 18.0 Å². The number of hydrogen-bond donors (Lipinski definition) is 1. The fourth-order valence-electron chi connectivity index (χ4n) is 4.96. The van der Waals surface area contributed by atoms with Crippen molar-refractivity contribution < 1.29 is 22.7 Å². The Balaban J connectivity index is 1.80. The predicted octanol–water partition coefficient (Wildman–Crippen LogP) is 5.28. The van der Waals surface area contributed by atoms with E-state index in [1.165, 1.54) is 4.90 Å². The molecule has 0 bridgehead atoms. The quantitative estimate of drug-likeness (QED) is 0.221. The zero-order chi connectivity index (χ0) is 31.7. The van der Waals surface area contributed by atoms with Crippen LogP contribution in [0.15, 0.2) is 108 Å². The number of ether oxygens (including phenoxy) is 1. The largest absolute Gasteiger partial charge is 0.497 e. The van der Waals surface area contributed by atoms with Crippen LogP contribution in [0, 0.1) is 13.8 Å². The number of nitrogens with zero attached hydrogens (tertiary/aromatic N) is 2. The van der Waals surface area contributed by atoms with E-state index in [-0.39, 0.29) is 23.8 Å². The van der Waals surface area contributed by atoms with Crippen molar-refractivity contribution in [2.24, 2.45) is 0 Å². The summed E-state index contributed by atoms with van der Waals surface area (Å²) in [6.07, 6.45) is 0.248. The number of likely N-dealkylation sites (N-methyl/N-ethyl adjacent to an activating group) is 1. The van der Waals surface area contributed by atoms with Crippen molar-refractivity contribution >= 4 is 27.5 Å². The van der Waals surface area contributed by atoms with E-state index in [1.807, 2.05) is 69.3 Å². The van der Waals surface area contributed by atoms with Gasteiger partial charge >= 0.3 is 0 Å². The number of aryl methyl sites for hydroxylation is 2. The average Bonchev–Trinajstić information content (AvgIpc) is 3.02. The fraction of sp³-hybridized carbons (Fsp3) is 0.257. The highest BCUT2D eigenvalue weighted by Crippen LogP contribution is 2.26. The molecule has 0 aliphatic rings. The third kappa shape index (κ3) is 8.05. The van der Waals surface area contributed by atoms with Crippen LogP contribution in [0.25, 0.3) is 0 Å². The van der Waals surface area contributed by atoms with Gasteiger partial charge in [0, 0.05) is 19.5 Å². The Morgan fingerprint density at radius 1 is 0.818 bits per heavy atom. The summed E-state index contributed by atoms with van der Waals surface area (Å²) >= 11 is 0. The first-order valence-electron chi connectivity index (χ1n) is 14.5. The SMILES string of the molecule is CCNC(=O)[C@H](Cc1ccccc1)N(Cc1cccc(OC)c1)C(=O)CN(c1cccc(C)c1)S(=O)(=O)c1ccc(C)cc1. The molecule has 1 N–H and O–H groups in total. The maximum Gasteiger partial charge on any atom is 0.264 e. The lowest BCUT2D eigenvalue weighted by Gasteiger charge is -2.34. The first-order chi connectivity index (χ1) is 21.1. The van der Waals surface area contributed by atoms with Crippen LogP contribution in [-0.4, -0.2) is 51.4 Å². The zero-order valence-electron chi connectivity index (χ0n) is 25.6. The number of amides is 2. The molecule has 1 atom stereocenters. The molecule has 0 aliphatic heterocycles. The smallest absolute Gasteiger partial charge is 0.264 e. The molecule has 8 nitrogen and oxygen atoms in total. The van der Waals surface area contributed by atoms with Crippen molar-refractivity contribution in [2.75, 3.05) is 24.5 Å². The van der Waals surface area contributed by atoms with Crippen LogP contribution in [0.4, 0.5) is 5.69 Å². The Morgan fingerprint density at radius 2 is 1.50 bits per heavy atom. The Bertz CT molecular complexity index is 1670. The van der Waals surface area contributed by atoms with Gasteiger partial charge in [0.15, 0.2) is 0 Å². The Kier molecular flexibility index (Phi) is 10.8. The summed E-state index contributed by atoms with van der Waals surface area (Å²) in [5.74, 6) is -0.232. The lowest BCUT2D eigenvalue weighted by atomic mass is 10.0. The molecule has 4 rings (SSSR count). The standard InChI is InChI=1S/C35H39N3O5S/c1-5-36-35(40)33(23-28-12-7-6-8-13-28)37(24-29-14-10-16-31(22-29)43-4)34(39)25-38(30-15-9-11-27(3)21-30)44(41,42)32-19-17-26(2)18-20-32/h6-22,33H,5,23-25H2,1-4H3,(H,36,40)/t33-/m0/s1. The van der Waals surface area contributed by atoms with Gasteiger partial charge in [0.25, 0.3) is 10.0 Å². The first kappa shape index (κ1) is 32.3. The number of carbonyl (C=O) groups excluding carboxylic acids is 2. The summed E-state index contributed by atoms with van der Waals surface area (Å²) in [4.78, 5) is 29.6. The number of methoxy groups -OCH3 is 1. The normalized spacial score (nSPS) is 11.8. The molecular weight excluding hydrogens is 574 g/mol. The van der Waals surface area contributed by atoms with Crippen molar-refractivity contribution in [2.45, 2.75) is 44.7 Å². The van der Waals surface area contributed by atoms with Crippen LogP contribution >= 0.6 is 0 Å². The van der Waals surface area contributed by atoms with Gasteiger partial charge in [0.2, 0.25) is 11.8 Å². The summed E-state index contributed by atoms with van der Waals surface area (Å²) in [6, 6.07) is 29.4. The van der Waals surface area contributed by atoms with Gasteiger partial charge in [0.1, 0.15) is 18.3 Å². The molecule has 44 heavy (non-hydrogen) atoms. The average molecular weight is 614 g/mol. The maximum absolute atomic E-state index is 14.5. The second-order valence-corrected chi connectivity index (χ2v) is 12.5. The minimum absolute atomic E-state index is 0.0664. The number of nitrogens with one attached hydrogen (secondary N) is 1.